The fourth-order valence-electron chi connectivity index (χ4n) is 4.79. The van der Waals surface area contributed by atoms with Gasteiger partial charge in [0.05, 0.1) is 20.3 Å². The Hall–Kier alpha value is -3.59. The molecule has 0 saturated heterocycles. The van der Waals surface area contributed by atoms with Crippen LogP contribution in [0.25, 0.3) is 0 Å². The van der Waals surface area contributed by atoms with Gasteiger partial charge in [0.1, 0.15) is 0 Å². The van der Waals surface area contributed by atoms with Crippen molar-refractivity contribution in [3.63, 3.8) is 0 Å². The summed E-state index contributed by atoms with van der Waals surface area (Å²) in [6.07, 6.45) is -0.727. The highest BCUT2D eigenvalue weighted by atomic mass is 16.7. The van der Waals surface area contributed by atoms with Crippen LogP contribution in [0, 0.1) is 5.41 Å². The van der Waals surface area contributed by atoms with E-state index in [1.807, 2.05) is 24.3 Å². The Morgan fingerprint density at radius 2 is 1.67 bits per heavy atom. The quantitative estimate of drug-likeness (QED) is 0.281. The first-order valence-corrected chi connectivity index (χ1v) is 11.8. The van der Waals surface area contributed by atoms with Crippen LogP contribution in [0.5, 0.6) is 11.5 Å². The molecule has 0 saturated carbocycles. The van der Waals surface area contributed by atoms with Crippen LogP contribution >= 0.6 is 0 Å². The number of carboxylic acid groups (broad SMARTS) is 1. The Labute approximate surface area is 210 Å². The number of ether oxygens (including phenoxy) is 5. The molecule has 0 bridgehead atoms. The lowest BCUT2D eigenvalue weighted by atomic mass is 9.62. The number of hydrogen-bond acceptors (Lipinski definition) is 8. The minimum absolute atomic E-state index is 0.107. The van der Waals surface area contributed by atoms with Gasteiger partial charge < -0.3 is 28.8 Å². The maximum absolute atomic E-state index is 13.5. The molecule has 2 unspecified atom stereocenters. The Morgan fingerprint density at radius 3 is 2.25 bits per heavy atom. The summed E-state index contributed by atoms with van der Waals surface area (Å²) in [7, 11) is 2.66. The first-order chi connectivity index (χ1) is 17.3. The van der Waals surface area contributed by atoms with Gasteiger partial charge in [-0.2, -0.15) is 0 Å². The second kappa shape index (κ2) is 11.9. The Morgan fingerprint density at radius 1 is 1.00 bits per heavy atom. The van der Waals surface area contributed by atoms with E-state index in [1.54, 1.807) is 32.0 Å². The van der Waals surface area contributed by atoms with Crippen molar-refractivity contribution >= 4 is 17.9 Å². The van der Waals surface area contributed by atoms with Crippen LogP contribution < -0.4 is 9.47 Å². The van der Waals surface area contributed by atoms with Gasteiger partial charge in [-0.05, 0) is 55.9 Å². The molecule has 0 aliphatic heterocycles. The van der Waals surface area contributed by atoms with Crippen LogP contribution in [0.1, 0.15) is 42.9 Å². The summed E-state index contributed by atoms with van der Waals surface area (Å²) < 4.78 is 27.0. The van der Waals surface area contributed by atoms with Crippen molar-refractivity contribution in [2.24, 2.45) is 5.41 Å². The largest absolute Gasteiger partial charge is 0.493 e. The molecule has 0 amide bonds. The monoisotopic (exact) mass is 500 g/mol. The first kappa shape index (κ1) is 27.0. The number of aryl methyl sites for hydroxylation is 1. The number of carbonyl (C=O) groups excluding carboxylic acids is 2. The standard InChI is InChI=1S/C27H32O9/c1-5-34-25(30)27(26(31)35-6-2)15-14-17-10-7-8-12-19(17)20(27)16-18-11-9-13-21(32-3)22(18)36-24(33-4)23(28)29/h7-13,20,24H,5-6,14-16H2,1-4H3,(H,28,29). The minimum atomic E-state index is -1.59. The van der Waals surface area contributed by atoms with Crippen molar-refractivity contribution < 1.29 is 43.2 Å². The number of methoxy groups -OCH3 is 2. The zero-order chi connectivity index (χ0) is 26.3. The second-order valence-corrected chi connectivity index (χ2v) is 8.34. The van der Waals surface area contributed by atoms with Crippen molar-refractivity contribution in [2.45, 2.75) is 45.3 Å². The number of rotatable bonds is 11. The summed E-state index contributed by atoms with van der Waals surface area (Å²) >= 11 is 0. The van der Waals surface area contributed by atoms with Gasteiger partial charge in [0.25, 0.3) is 6.29 Å². The fraction of sp³-hybridized carbons (Fsp3) is 0.444. The molecule has 0 radical (unpaired) electrons. The SMILES string of the molecule is CCOC(=O)C1(C(=O)OCC)CCc2ccccc2C1Cc1cccc(OC)c1OC(OC)C(=O)O. The van der Waals surface area contributed by atoms with Gasteiger partial charge in [-0.15, -0.1) is 0 Å². The Balaban J connectivity index is 2.20. The van der Waals surface area contributed by atoms with E-state index in [0.717, 1.165) is 11.1 Å². The summed E-state index contributed by atoms with van der Waals surface area (Å²) in [5.74, 6) is -2.83. The van der Waals surface area contributed by atoms with Gasteiger partial charge in [-0.3, -0.25) is 9.59 Å². The molecule has 2 atom stereocenters. The molecule has 1 aliphatic carbocycles. The number of hydrogen-bond donors (Lipinski definition) is 1. The van der Waals surface area contributed by atoms with Crippen molar-refractivity contribution in [2.75, 3.05) is 27.4 Å². The summed E-state index contributed by atoms with van der Waals surface area (Å²) in [4.78, 5) is 38.6. The zero-order valence-corrected chi connectivity index (χ0v) is 20.9. The van der Waals surface area contributed by atoms with E-state index in [-0.39, 0.29) is 37.6 Å². The smallest absolute Gasteiger partial charge is 0.373 e. The van der Waals surface area contributed by atoms with Gasteiger partial charge in [-0.25, -0.2) is 4.79 Å². The highest BCUT2D eigenvalue weighted by molar-refractivity contribution is 6.01. The molecule has 2 aromatic rings. The van der Waals surface area contributed by atoms with Gasteiger partial charge in [0.2, 0.25) is 0 Å². The van der Waals surface area contributed by atoms with Crippen LogP contribution in [-0.4, -0.2) is 56.7 Å². The van der Waals surface area contributed by atoms with Crippen LogP contribution in [0.15, 0.2) is 42.5 Å². The first-order valence-electron chi connectivity index (χ1n) is 11.8. The van der Waals surface area contributed by atoms with E-state index in [0.29, 0.717) is 12.0 Å². The molecule has 2 aromatic carbocycles. The normalized spacial score (nSPS) is 16.8. The topological polar surface area (TPSA) is 118 Å². The van der Waals surface area contributed by atoms with E-state index in [9.17, 15) is 19.5 Å². The van der Waals surface area contributed by atoms with Crippen LogP contribution in [0.4, 0.5) is 0 Å². The van der Waals surface area contributed by atoms with Gasteiger partial charge in [0, 0.05) is 13.0 Å². The molecular formula is C27H32O9. The number of carbonyl (C=O) groups is 3. The highest BCUT2D eigenvalue weighted by Gasteiger charge is 2.57. The molecule has 0 fully saturated rings. The molecule has 0 spiro atoms. The number of benzene rings is 2. The lowest BCUT2D eigenvalue weighted by Gasteiger charge is -2.41. The number of para-hydroxylation sites is 1. The van der Waals surface area contributed by atoms with Crippen LogP contribution in [-0.2, 0) is 41.4 Å². The summed E-state index contributed by atoms with van der Waals surface area (Å²) in [6, 6.07) is 12.7. The van der Waals surface area contributed by atoms with E-state index >= 15 is 0 Å². The lowest BCUT2D eigenvalue weighted by Crippen LogP contribution is -2.50. The van der Waals surface area contributed by atoms with Crippen LogP contribution in [0.3, 0.4) is 0 Å². The fourth-order valence-corrected chi connectivity index (χ4v) is 4.79. The zero-order valence-electron chi connectivity index (χ0n) is 20.9. The van der Waals surface area contributed by atoms with Crippen LogP contribution in [0.2, 0.25) is 0 Å². The third kappa shape index (κ3) is 5.16. The lowest BCUT2D eigenvalue weighted by molar-refractivity contribution is -0.175. The molecule has 0 aromatic heterocycles. The molecule has 1 N–H and O–H groups in total. The summed E-state index contributed by atoms with van der Waals surface area (Å²) in [5.41, 5.74) is 0.781. The number of fused-ring (bicyclic) bond motifs is 1. The van der Waals surface area contributed by atoms with E-state index < -0.39 is 35.5 Å². The maximum atomic E-state index is 13.5. The minimum Gasteiger partial charge on any atom is -0.493 e. The maximum Gasteiger partial charge on any atom is 0.373 e. The average Bonchev–Trinajstić information content (AvgIpc) is 2.87. The molecule has 3 rings (SSSR count). The molecular weight excluding hydrogens is 468 g/mol. The van der Waals surface area contributed by atoms with E-state index in [1.165, 1.54) is 14.2 Å². The van der Waals surface area contributed by atoms with Crippen molar-refractivity contribution in [1.82, 2.24) is 0 Å². The molecule has 36 heavy (non-hydrogen) atoms. The Bertz CT molecular complexity index is 1080. The number of esters is 2. The number of aliphatic carboxylic acids is 1. The Kier molecular flexibility index (Phi) is 8.93. The summed E-state index contributed by atoms with van der Waals surface area (Å²) in [6.45, 7) is 3.59. The molecule has 9 nitrogen and oxygen atoms in total. The third-order valence-electron chi connectivity index (χ3n) is 6.44. The molecule has 0 heterocycles. The molecule has 194 valence electrons. The van der Waals surface area contributed by atoms with Gasteiger partial charge in [0.15, 0.2) is 16.9 Å². The molecule has 9 heteroatoms. The summed E-state index contributed by atoms with van der Waals surface area (Å²) in [5, 5.41) is 9.47. The second-order valence-electron chi connectivity index (χ2n) is 8.34. The third-order valence-corrected chi connectivity index (χ3v) is 6.44. The van der Waals surface area contributed by atoms with Crippen molar-refractivity contribution in [1.29, 1.82) is 0 Å². The highest BCUT2D eigenvalue weighted by Crippen LogP contribution is 2.50. The predicted molar refractivity (Wildman–Crippen MR) is 129 cm³/mol. The van der Waals surface area contributed by atoms with Gasteiger partial charge in [-0.1, -0.05) is 36.4 Å². The van der Waals surface area contributed by atoms with Crippen molar-refractivity contribution in [3.8, 4) is 11.5 Å². The van der Waals surface area contributed by atoms with Gasteiger partial charge >= 0.3 is 17.9 Å². The van der Waals surface area contributed by atoms with Crippen molar-refractivity contribution in [3.05, 3.63) is 59.2 Å². The van der Waals surface area contributed by atoms with E-state index in [4.69, 9.17) is 23.7 Å². The molecule has 1 aliphatic rings. The number of carboxylic acids is 1. The average molecular weight is 501 g/mol. The predicted octanol–water partition coefficient (Wildman–Crippen LogP) is 3.52. The van der Waals surface area contributed by atoms with E-state index in [2.05, 4.69) is 0 Å².